The Morgan fingerprint density at radius 2 is 1.93 bits per heavy atom. The van der Waals surface area contributed by atoms with E-state index in [2.05, 4.69) is 36.8 Å². The third kappa shape index (κ3) is 3.08. The lowest BCUT2D eigenvalue weighted by atomic mass is 10.4. The number of nitrogens with zero attached hydrogens (tertiary/aromatic N) is 1. The van der Waals surface area contributed by atoms with Crippen molar-refractivity contribution in [3.63, 3.8) is 0 Å². The summed E-state index contributed by atoms with van der Waals surface area (Å²) in [6.07, 6.45) is -3.02. The fourth-order valence-corrected chi connectivity index (χ4v) is 2.60. The monoisotopic (exact) mass is 383 g/mol. The van der Waals surface area contributed by atoms with Crippen molar-refractivity contribution < 1.29 is 17.2 Å². The van der Waals surface area contributed by atoms with Crippen LogP contribution >= 0.6 is 42.5 Å². The van der Waals surface area contributed by atoms with Gasteiger partial charge < -0.3 is 0 Å². The van der Waals surface area contributed by atoms with Gasteiger partial charge in [0, 0.05) is 10.7 Å². The van der Waals surface area contributed by atoms with Crippen LogP contribution in [0.15, 0.2) is 20.0 Å². The van der Waals surface area contributed by atoms with E-state index in [1.165, 1.54) is 0 Å². The normalized spacial score (nSPS) is 12.1. The van der Waals surface area contributed by atoms with Crippen LogP contribution in [0.1, 0.15) is 12.1 Å². The molecule has 1 heterocycles. The van der Waals surface area contributed by atoms with Crippen LogP contribution in [0.3, 0.4) is 0 Å². The predicted octanol–water partition coefficient (Wildman–Crippen LogP) is 3.47. The molecule has 0 aliphatic rings. The minimum Gasteiger partial charge on any atom is -0.237 e. The molecule has 0 aliphatic carbocycles. The Morgan fingerprint density at radius 3 is 2.33 bits per heavy atom. The second-order valence-electron chi connectivity index (χ2n) is 2.38. The first-order valence-corrected chi connectivity index (χ1v) is 7.21. The third-order valence-electron chi connectivity index (χ3n) is 1.40. The summed E-state index contributed by atoms with van der Waals surface area (Å²) in [6, 6.07) is 0.973. The molecule has 0 fully saturated rings. The van der Waals surface area contributed by atoms with Crippen molar-refractivity contribution in [3.05, 3.63) is 20.8 Å². The van der Waals surface area contributed by atoms with Gasteiger partial charge in [-0.1, -0.05) is 0 Å². The molecule has 0 saturated heterocycles. The molecular formula is C6H2Br2ClF2NO2S. The largest absolute Gasteiger partial charge is 0.281 e. The molecule has 0 aliphatic heterocycles. The van der Waals surface area contributed by atoms with Crippen molar-refractivity contribution in [1.29, 1.82) is 0 Å². The van der Waals surface area contributed by atoms with Gasteiger partial charge in [-0.2, -0.15) is 0 Å². The Kier molecular flexibility index (Phi) is 4.07. The van der Waals surface area contributed by atoms with E-state index in [1.54, 1.807) is 0 Å². The van der Waals surface area contributed by atoms with Crippen molar-refractivity contribution in [3.8, 4) is 0 Å². The number of hydrogen-bond acceptors (Lipinski definition) is 3. The van der Waals surface area contributed by atoms with Crippen molar-refractivity contribution in [2.45, 2.75) is 11.3 Å². The summed E-state index contributed by atoms with van der Waals surface area (Å²) in [5.74, 6) is 0. The van der Waals surface area contributed by atoms with Gasteiger partial charge in [-0.25, -0.2) is 22.2 Å². The fourth-order valence-electron chi connectivity index (χ4n) is 0.814. The molecule has 0 radical (unpaired) electrons. The van der Waals surface area contributed by atoms with E-state index >= 15 is 0 Å². The zero-order valence-electron chi connectivity index (χ0n) is 6.72. The minimum absolute atomic E-state index is 0.0851. The Labute approximate surface area is 106 Å². The number of rotatable bonds is 2. The molecule has 1 aromatic rings. The highest BCUT2D eigenvalue weighted by Crippen LogP contribution is 2.32. The first-order valence-electron chi connectivity index (χ1n) is 3.32. The molecule has 1 rings (SSSR count). The third-order valence-corrected chi connectivity index (χ3v) is 4.49. The summed E-state index contributed by atoms with van der Waals surface area (Å²) in [5.41, 5.74) is -0.875. The van der Waals surface area contributed by atoms with Gasteiger partial charge in [-0.15, -0.1) is 0 Å². The Hall–Kier alpha value is 0.210. The van der Waals surface area contributed by atoms with E-state index < -0.39 is 26.1 Å². The molecule has 0 amide bonds. The van der Waals surface area contributed by atoms with E-state index in [-0.39, 0.29) is 9.08 Å². The van der Waals surface area contributed by atoms with E-state index in [1.807, 2.05) is 0 Å². The maximum atomic E-state index is 12.4. The second kappa shape index (κ2) is 4.60. The molecule has 84 valence electrons. The van der Waals surface area contributed by atoms with Gasteiger partial charge in [0.1, 0.15) is 15.2 Å². The molecule has 15 heavy (non-hydrogen) atoms. The first kappa shape index (κ1) is 13.3. The van der Waals surface area contributed by atoms with Crippen LogP contribution in [-0.4, -0.2) is 13.4 Å². The molecule has 3 nitrogen and oxygen atoms in total. The lowest BCUT2D eigenvalue weighted by molar-refractivity contribution is 0.142. The highest BCUT2D eigenvalue weighted by molar-refractivity contribution is 9.13. The number of hydrogen-bond donors (Lipinski definition) is 0. The second-order valence-corrected chi connectivity index (χ2v) is 6.52. The average Bonchev–Trinajstić information content (AvgIpc) is 2.06. The highest BCUT2D eigenvalue weighted by atomic mass is 79.9. The highest BCUT2D eigenvalue weighted by Gasteiger charge is 2.25. The number of pyridine rings is 1. The zero-order valence-corrected chi connectivity index (χ0v) is 11.5. The molecule has 0 saturated carbocycles. The van der Waals surface area contributed by atoms with Crippen LogP contribution in [0.5, 0.6) is 0 Å². The van der Waals surface area contributed by atoms with Gasteiger partial charge in [0.15, 0.2) is 0 Å². The van der Waals surface area contributed by atoms with Gasteiger partial charge >= 0.3 is 0 Å². The van der Waals surface area contributed by atoms with Crippen LogP contribution in [0.4, 0.5) is 8.78 Å². The Balaban J connectivity index is 3.56. The van der Waals surface area contributed by atoms with Gasteiger partial charge in [-0.3, -0.25) is 0 Å². The lowest BCUT2D eigenvalue weighted by Gasteiger charge is -2.06. The van der Waals surface area contributed by atoms with E-state index in [4.69, 9.17) is 10.7 Å². The molecule has 0 bridgehead atoms. The fraction of sp³-hybridized carbons (Fsp3) is 0.167. The van der Waals surface area contributed by atoms with E-state index in [9.17, 15) is 17.2 Å². The average molecular weight is 385 g/mol. The summed E-state index contributed by atoms with van der Waals surface area (Å²) in [6.45, 7) is 0. The summed E-state index contributed by atoms with van der Waals surface area (Å²) >= 11 is 5.83. The zero-order chi connectivity index (χ0) is 11.8. The van der Waals surface area contributed by atoms with Crippen LogP contribution < -0.4 is 0 Å². The SMILES string of the molecule is O=S(=O)(Cl)c1cc(Br)c(Br)nc1C(F)F. The number of halogens is 5. The standard InChI is InChI=1S/C6H2Br2ClF2NO2S/c7-2-1-3(15(9,13)14)4(6(10)11)12-5(2)8/h1,6H. The van der Waals surface area contributed by atoms with Crippen LogP contribution in [0.2, 0.25) is 0 Å². The number of aromatic nitrogens is 1. The van der Waals surface area contributed by atoms with Gasteiger partial charge in [-0.05, 0) is 37.9 Å². The summed E-state index contributed by atoms with van der Waals surface area (Å²) < 4.78 is 47.2. The van der Waals surface area contributed by atoms with Crippen LogP contribution in [-0.2, 0) is 9.05 Å². The lowest BCUT2D eigenvalue weighted by Crippen LogP contribution is -2.02. The molecule has 9 heteroatoms. The van der Waals surface area contributed by atoms with Crippen LogP contribution in [0, 0.1) is 0 Å². The summed E-state index contributed by atoms with van der Waals surface area (Å²) in [7, 11) is 0.756. The van der Waals surface area contributed by atoms with Crippen molar-refractivity contribution in [1.82, 2.24) is 4.98 Å². The van der Waals surface area contributed by atoms with Crippen molar-refractivity contribution in [2.24, 2.45) is 0 Å². The smallest absolute Gasteiger partial charge is 0.237 e. The van der Waals surface area contributed by atoms with Crippen molar-refractivity contribution in [2.75, 3.05) is 0 Å². The van der Waals surface area contributed by atoms with Gasteiger partial charge in [0.2, 0.25) is 0 Å². The molecular weight excluding hydrogens is 383 g/mol. The maximum Gasteiger partial charge on any atom is 0.281 e. The molecule has 0 N–H and O–H groups in total. The summed E-state index contributed by atoms with van der Waals surface area (Å²) in [4.78, 5) is 2.70. The molecule has 0 atom stereocenters. The molecule has 0 unspecified atom stereocenters. The van der Waals surface area contributed by atoms with Crippen LogP contribution in [0.25, 0.3) is 0 Å². The van der Waals surface area contributed by atoms with Crippen molar-refractivity contribution >= 4 is 51.6 Å². The quantitative estimate of drug-likeness (QED) is 0.579. The summed E-state index contributed by atoms with van der Waals surface area (Å²) in [5, 5.41) is 0. The molecule has 1 aromatic heterocycles. The van der Waals surface area contributed by atoms with E-state index in [0.29, 0.717) is 0 Å². The molecule has 0 spiro atoms. The predicted molar refractivity (Wildman–Crippen MR) is 57.6 cm³/mol. The first-order chi connectivity index (χ1) is 6.73. The topological polar surface area (TPSA) is 47.0 Å². The molecule has 0 aromatic carbocycles. The Morgan fingerprint density at radius 1 is 1.40 bits per heavy atom. The minimum atomic E-state index is -4.24. The van der Waals surface area contributed by atoms with E-state index in [0.717, 1.165) is 6.07 Å². The number of alkyl halides is 2. The Bertz CT molecular complexity index is 494. The van der Waals surface area contributed by atoms with Gasteiger partial charge in [0.05, 0.1) is 4.47 Å². The van der Waals surface area contributed by atoms with Gasteiger partial charge in [0.25, 0.3) is 15.5 Å². The maximum absolute atomic E-state index is 12.4.